The fourth-order valence-corrected chi connectivity index (χ4v) is 2.43. The van der Waals surface area contributed by atoms with Crippen LogP contribution in [0.15, 0.2) is 4.99 Å². The van der Waals surface area contributed by atoms with E-state index in [2.05, 4.69) is 20.9 Å². The Kier molecular flexibility index (Phi) is 12.7. The van der Waals surface area contributed by atoms with Gasteiger partial charge in [0.25, 0.3) is 0 Å². The molecule has 0 rings (SSSR count). The van der Waals surface area contributed by atoms with Crippen LogP contribution in [-0.2, 0) is 19.2 Å². The highest BCUT2D eigenvalue weighted by Crippen LogP contribution is 2.03. The first-order valence-corrected chi connectivity index (χ1v) is 9.50. The van der Waals surface area contributed by atoms with Crippen molar-refractivity contribution in [3.63, 3.8) is 0 Å². The van der Waals surface area contributed by atoms with Gasteiger partial charge >= 0.3 is 11.9 Å². The lowest BCUT2D eigenvalue weighted by atomic mass is 10.0. The number of nitrogens with zero attached hydrogens (tertiary/aromatic N) is 1. The van der Waals surface area contributed by atoms with Crippen LogP contribution in [0.25, 0.3) is 0 Å². The van der Waals surface area contributed by atoms with Crippen LogP contribution in [0.4, 0.5) is 0 Å². The van der Waals surface area contributed by atoms with Gasteiger partial charge in [-0.3, -0.25) is 19.4 Å². The fourth-order valence-electron chi connectivity index (χ4n) is 2.43. The number of nitrogens with two attached hydrogens (primary N) is 3. The maximum absolute atomic E-state index is 12.3. The van der Waals surface area contributed by atoms with Crippen LogP contribution in [-0.4, -0.2) is 77.7 Å². The van der Waals surface area contributed by atoms with Gasteiger partial charge in [0.2, 0.25) is 11.8 Å². The second-order valence-electron chi connectivity index (χ2n) is 7.13. The molecule has 0 aliphatic carbocycles. The maximum atomic E-state index is 12.3. The fraction of sp³-hybridized carbons (Fsp3) is 0.706. The van der Waals surface area contributed by atoms with Crippen molar-refractivity contribution in [1.29, 1.82) is 0 Å². The number of carboxylic acids is 2. The van der Waals surface area contributed by atoms with Crippen LogP contribution >= 0.6 is 0 Å². The van der Waals surface area contributed by atoms with E-state index < -0.39 is 48.2 Å². The Morgan fingerprint density at radius 1 is 1.07 bits per heavy atom. The monoisotopic (exact) mass is 431 g/mol. The predicted molar refractivity (Wildman–Crippen MR) is 109 cm³/mol. The second-order valence-corrected chi connectivity index (χ2v) is 7.13. The number of nitrogens with one attached hydrogen (secondary N) is 3. The molecule has 0 radical (unpaired) electrons. The molecule has 13 nitrogen and oxygen atoms in total. The van der Waals surface area contributed by atoms with Gasteiger partial charge in [-0.05, 0) is 18.8 Å². The van der Waals surface area contributed by atoms with Gasteiger partial charge in [-0.15, -0.1) is 0 Å². The van der Waals surface area contributed by atoms with Crippen LogP contribution in [0.5, 0.6) is 0 Å². The van der Waals surface area contributed by atoms with E-state index in [9.17, 15) is 19.2 Å². The molecule has 3 atom stereocenters. The quantitative estimate of drug-likeness (QED) is 0.0749. The van der Waals surface area contributed by atoms with Gasteiger partial charge in [-0.25, -0.2) is 4.79 Å². The third-order valence-corrected chi connectivity index (χ3v) is 3.98. The first-order valence-electron chi connectivity index (χ1n) is 9.50. The van der Waals surface area contributed by atoms with Crippen molar-refractivity contribution < 1.29 is 29.4 Å². The molecule has 0 aromatic rings. The smallest absolute Gasteiger partial charge is 0.326 e. The number of hydrogen-bond donors (Lipinski definition) is 8. The van der Waals surface area contributed by atoms with Gasteiger partial charge in [-0.2, -0.15) is 0 Å². The number of carbonyl (C=O) groups is 4. The number of aliphatic imine (C=N–C) groups is 1. The summed E-state index contributed by atoms with van der Waals surface area (Å²) >= 11 is 0. The number of aliphatic carboxylic acids is 2. The maximum Gasteiger partial charge on any atom is 0.326 e. The average molecular weight is 431 g/mol. The molecule has 11 N–H and O–H groups in total. The summed E-state index contributed by atoms with van der Waals surface area (Å²) in [6.45, 7) is 3.73. The minimum atomic E-state index is -1.41. The van der Waals surface area contributed by atoms with E-state index in [1.807, 2.05) is 0 Å². The Morgan fingerprint density at radius 2 is 1.70 bits per heavy atom. The molecule has 1 unspecified atom stereocenters. The van der Waals surface area contributed by atoms with E-state index in [1.54, 1.807) is 13.8 Å². The molecule has 0 saturated heterocycles. The Hall–Kier alpha value is -2.93. The summed E-state index contributed by atoms with van der Waals surface area (Å²) in [4.78, 5) is 50.4. The van der Waals surface area contributed by atoms with Crippen molar-refractivity contribution in [2.45, 2.75) is 51.2 Å². The summed E-state index contributed by atoms with van der Waals surface area (Å²) in [5, 5.41) is 25.5. The highest BCUT2D eigenvalue weighted by Gasteiger charge is 2.29. The number of carbonyl (C=O) groups excluding carboxylic acids is 2. The van der Waals surface area contributed by atoms with Crippen LogP contribution in [0, 0.1) is 5.92 Å². The molecular weight excluding hydrogens is 398 g/mol. The topological polar surface area (TPSA) is 235 Å². The molecule has 0 fully saturated rings. The van der Waals surface area contributed by atoms with E-state index in [4.69, 9.17) is 27.4 Å². The molecule has 0 heterocycles. The highest BCUT2D eigenvalue weighted by atomic mass is 16.4. The number of guanidine groups is 1. The minimum absolute atomic E-state index is 0.00129. The van der Waals surface area contributed by atoms with Gasteiger partial charge in [-0.1, -0.05) is 13.8 Å². The van der Waals surface area contributed by atoms with E-state index in [1.165, 1.54) is 0 Å². The van der Waals surface area contributed by atoms with Crippen LogP contribution < -0.4 is 33.2 Å². The third-order valence-electron chi connectivity index (χ3n) is 3.98. The predicted octanol–water partition coefficient (Wildman–Crippen LogP) is -2.86. The zero-order valence-corrected chi connectivity index (χ0v) is 17.3. The van der Waals surface area contributed by atoms with Gasteiger partial charge < -0.3 is 43.4 Å². The van der Waals surface area contributed by atoms with Gasteiger partial charge in [0, 0.05) is 19.1 Å². The number of rotatable bonds is 15. The molecular formula is C17H33N7O6. The lowest BCUT2D eigenvalue weighted by Gasteiger charge is -2.22. The van der Waals surface area contributed by atoms with Crippen molar-refractivity contribution in [1.82, 2.24) is 16.0 Å². The summed E-state index contributed by atoms with van der Waals surface area (Å²) < 4.78 is 0. The van der Waals surface area contributed by atoms with E-state index >= 15 is 0 Å². The molecule has 172 valence electrons. The Labute approximate surface area is 174 Å². The summed E-state index contributed by atoms with van der Waals surface area (Å²) in [6, 6.07) is -2.88. The standard InChI is InChI=1S/C17H33N7O6/c1-9(2)14(16(29)30)24-15(28)11(6-13(26)27)23-12(25)8-21-7-10(18)4-3-5-22-17(19)20/h9-11,14,21H,3-8,18H2,1-2H3,(H,23,25)(H,24,28)(H,26,27)(H,29,30)(H4,19,20,22)/t10?,11-,14-/m0/s1. The SMILES string of the molecule is CC(C)[C@H](NC(=O)[C@H](CC(=O)O)NC(=O)CNCC(N)CCCN=C(N)N)C(=O)O. The Morgan fingerprint density at radius 3 is 2.20 bits per heavy atom. The van der Waals surface area contributed by atoms with Crippen molar-refractivity contribution in [2.75, 3.05) is 19.6 Å². The molecule has 13 heteroatoms. The highest BCUT2D eigenvalue weighted by molar-refractivity contribution is 5.93. The molecule has 2 amide bonds. The van der Waals surface area contributed by atoms with Gasteiger partial charge in [0.1, 0.15) is 12.1 Å². The Balaban J connectivity index is 4.56. The van der Waals surface area contributed by atoms with Crippen molar-refractivity contribution in [2.24, 2.45) is 28.1 Å². The van der Waals surface area contributed by atoms with E-state index in [-0.39, 0.29) is 18.5 Å². The summed E-state index contributed by atoms with van der Waals surface area (Å²) in [6.07, 6.45) is 0.585. The number of carboxylic acid groups (broad SMARTS) is 2. The molecule has 0 aliphatic rings. The first-order chi connectivity index (χ1) is 13.9. The van der Waals surface area contributed by atoms with Gasteiger partial charge in [0.15, 0.2) is 5.96 Å². The van der Waals surface area contributed by atoms with E-state index in [0.717, 1.165) is 0 Å². The molecule has 0 saturated carbocycles. The summed E-state index contributed by atoms with van der Waals surface area (Å²) in [5.74, 6) is -4.51. The van der Waals surface area contributed by atoms with E-state index in [0.29, 0.717) is 25.9 Å². The number of amides is 2. The van der Waals surface area contributed by atoms with Gasteiger partial charge in [0.05, 0.1) is 13.0 Å². The zero-order chi connectivity index (χ0) is 23.3. The largest absolute Gasteiger partial charge is 0.481 e. The molecule has 0 bridgehead atoms. The Bertz CT molecular complexity index is 622. The molecule has 0 aromatic carbocycles. The lowest BCUT2D eigenvalue weighted by molar-refractivity contribution is -0.144. The second kappa shape index (κ2) is 14.1. The molecule has 0 aromatic heterocycles. The van der Waals surface area contributed by atoms with Crippen LogP contribution in [0.1, 0.15) is 33.1 Å². The van der Waals surface area contributed by atoms with Crippen LogP contribution in [0.3, 0.4) is 0 Å². The van der Waals surface area contributed by atoms with Crippen molar-refractivity contribution in [3.8, 4) is 0 Å². The lowest BCUT2D eigenvalue weighted by Crippen LogP contribution is -2.54. The summed E-state index contributed by atoms with van der Waals surface area (Å²) in [7, 11) is 0. The third kappa shape index (κ3) is 12.5. The van der Waals surface area contributed by atoms with Crippen molar-refractivity contribution >= 4 is 29.7 Å². The number of hydrogen-bond acceptors (Lipinski definition) is 7. The van der Waals surface area contributed by atoms with Crippen LogP contribution in [0.2, 0.25) is 0 Å². The zero-order valence-electron chi connectivity index (χ0n) is 17.3. The molecule has 0 spiro atoms. The average Bonchev–Trinajstić information content (AvgIpc) is 2.61. The van der Waals surface area contributed by atoms with Crippen molar-refractivity contribution in [3.05, 3.63) is 0 Å². The first kappa shape index (κ1) is 27.1. The normalized spacial score (nSPS) is 13.7. The molecule has 30 heavy (non-hydrogen) atoms. The molecule has 0 aliphatic heterocycles. The summed E-state index contributed by atoms with van der Waals surface area (Å²) in [5.41, 5.74) is 16.3. The minimum Gasteiger partial charge on any atom is -0.481 e.